The number of H-pyrrole nitrogens is 1. The summed E-state index contributed by atoms with van der Waals surface area (Å²) in [5.41, 5.74) is 6.85. The Morgan fingerprint density at radius 2 is 2.00 bits per heavy atom. The lowest BCUT2D eigenvalue weighted by atomic mass is 9.94. The third-order valence-corrected chi connectivity index (χ3v) is 5.97. The van der Waals surface area contributed by atoms with Gasteiger partial charge in [0.15, 0.2) is 0 Å². The summed E-state index contributed by atoms with van der Waals surface area (Å²) in [6, 6.07) is 12.1. The van der Waals surface area contributed by atoms with Crippen molar-refractivity contribution in [1.29, 1.82) is 0 Å². The standard InChI is InChI=1S/C19H14ClN3S/c20-15-4-2-1-3-12(15)19-14-10-24-8-7-11(14)18-13-9-21-23-16(13)5-6-17(18)22-19/h1-6,9H,7-8,10H2,(H,21,23). The second kappa shape index (κ2) is 5.50. The number of nitrogens with one attached hydrogen (secondary N) is 1. The summed E-state index contributed by atoms with van der Waals surface area (Å²) in [5, 5.41) is 10.4. The molecule has 3 heterocycles. The number of fused-ring (bicyclic) bond motifs is 5. The number of aromatic amines is 1. The lowest BCUT2D eigenvalue weighted by Gasteiger charge is -2.22. The summed E-state index contributed by atoms with van der Waals surface area (Å²) in [5.74, 6) is 2.12. The molecule has 24 heavy (non-hydrogen) atoms. The van der Waals surface area contributed by atoms with Crippen LogP contribution in [0.5, 0.6) is 0 Å². The molecule has 0 spiro atoms. The Morgan fingerprint density at radius 1 is 1.08 bits per heavy atom. The molecule has 3 nitrogen and oxygen atoms in total. The highest BCUT2D eigenvalue weighted by molar-refractivity contribution is 7.98. The lowest BCUT2D eigenvalue weighted by Crippen LogP contribution is -2.07. The van der Waals surface area contributed by atoms with E-state index in [9.17, 15) is 0 Å². The Labute approximate surface area is 148 Å². The van der Waals surface area contributed by atoms with Crippen LogP contribution in [0, 0.1) is 0 Å². The fourth-order valence-corrected chi connectivity index (χ4v) is 4.79. The van der Waals surface area contributed by atoms with Gasteiger partial charge in [-0.05, 0) is 41.5 Å². The average molecular weight is 352 g/mol. The Hall–Kier alpha value is -2.04. The third kappa shape index (κ3) is 2.06. The number of thioether (sulfide) groups is 1. The van der Waals surface area contributed by atoms with Crippen molar-refractivity contribution >= 4 is 45.2 Å². The van der Waals surface area contributed by atoms with Crippen molar-refractivity contribution in [1.82, 2.24) is 15.2 Å². The molecule has 5 rings (SSSR count). The summed E-state index contributed by atoms with van der Waals surface area (Å²) in [4.78, 5) is 5.01. The molecule has 0 fully saturated rings. The van der Waals surface area contributed by atoms with Gasteiger partial charge in [-0.1, -0.05) is 29.8 Å². The highest BCUT2D eigenvalue weighted by atomic mass is 35.5. The second-order valence-corrected chi connectivity index (χ2v) is 7.50. The number of aryl methyl sites for hydroxylation is 1. The minimum Gasteiger partial charge on any atom is -0.278 e. The van der Waals surface area contributed by atoms with Crippen LogP contribution < -0.4 is 0 Å². The van der Waals surface area contributed by atoms with Gasteiger partial charge in [0, 0.05) is 27.1 Å². The van der Waals surface area contributed by atoms with E-state index in [-0.39, 0.29) is 0 Å². The van der Waals surface area contributed by atoms with E-state index >= 15 is 0 Å². The number of hydrogen-bond acceptors (Lipinski definition) is 3. The summed E-state index contributed by atoms with van der Waals surface area (Å²) >= 11 is 8.43. The second-order valence-electron chi connectivity index (χ2n) is 5.99. The van der Waals surface area contributed by atoms with Crippen LogP contribution in [0.1, 0.15) is 11.1 Å². The van der Waals surface area contributed by atoms with Crippen LogP contribution in [0.2, 0.25) is 5.02 Å². The minimum atomic E-state index is 0.756. The van der Waals surface area contributed by atoms with Crippen molar-refractivity contribution in [3.63, 3.8) is 0 Å². The Balaban J connectivity index is 1.93. The van der Waals surface area contributed by atoms with E-state index in [1.54, 1.807) is 0 Å². The quantitative estimate of drug-likeness (QED) is 0.511. The van der Waals surface area contributed by atoms with E-state index < -0.39 is 0 Å². The van der Waals surface area contributed by atoms with Gasteiger partial charge in [0.1, 0.15) is 0 Å². The van der Waals surface area contributed by atoms with Gasteiger partial charge in [-0.15, -0.1) is 0 Å². The molecule has 0 bridgehead atoms. The first-order valence-corrected chi connectivity index (χ1v) is 9.46. The van der Waals surface area contributed by atoms with Crippen LogP contribution in [0.4, 0.5) is 0 Å². The Bertz CT molecular complexity index is 1090. The number of benzene rings is 2. The number of pyridine rings is 1. The van der Waals surface area contributed by atoms with Crippen LogP contribution in [-0.2, 0) is 12.2 Å². The number of hydrogen-bond donors (Lipinski definition) is 1. The molecule has 1 aliphatic heterocycles. The zero-order valence-electron chi connectivity index (χ0n) is 12.8. The maximum absolute atomic E-state index is 6.47. The molecule has 118 valence electrons. The predicted molar refractivity (Wildman–Crippen MR) is 102 cm³/mol. The van der Waals surface area contributed by atoms with E-state index in [0.29, 0.717) is 0 Å². The Morgan fingerprint density at radius 3 is 2.92 bits per heavy atom. The van der Waals surface area contributed by atoms with E-state index in [1.165, 1.54) is 16.5 Å². The predicted octanol–water partition coefficient (Wildman–Crippen LogP) is 5.22. The van der Waals surface area contributed by atoms with E-state index in [2.05, 4.69) is 28.4 Å². The number of halogens is 1. The highest BCUT2D eigenvalue weighted by Crippen LogP contribution is 2.40. The smallest absolute Gasteiger partial charge is 0.0767 e. The molecule has 0 unspecified atom stereocenters. The van der Waals surface area contributed by atoms with Crippen molar-refractivity contribution in [2.75, 3.05) is 5.75 Å². The summed E-state index contributed by atoms with van der Waals surface area (Å²) in [6.45, 7) is 0. The topological polar surface area (TPSA) is 41.6 Å². The molecule has 0 amide bonds. The molecule has 2 aromatic carbocycles. The molecular formula is C19H14ClN3S. The fourth-order valence-electron chi connectivity index (χ4n) is 3.55. The van der Waals surface area contributed by atoms with Crippen molar-refractivity contribution in [2.24, 2.45) is 0 Å². The molecule has 2 aromatic heterocycles. The van der Waals surface area contributed by atoms with Crippen molar-refractivity contribution in [3.05, 3.63) is 58.7 Å². The van der Waals surface area contributed by atoms with Gasteiger partial charge in [-0.3, -0.25) is 5.10 Å². The lowest BCUT2D eigenvalue weighted by molar-refractivity contribution is 1.09. The van der Waals surface area contributed by atoms with Crippen molar-refractivity contribution in [3.8, 4) is 11.3 Å². The molecule has 0 radical (unpaired) electrons. The maximum Gasteiger partial charge on any atom is 0.0767 e. The zero-order chi connectivity index (χ0) is 16.1. The first-order valence-electron chi connectivity index (χ1n) is 7.93. The summed E-state index contributed by atoms with van der Waals surface area (Å²) in [6.07, 6.45) is 2.97. The van der Waals surface area contributed by atoms with Crippen LogP contribution in [0.25, 0.3) is 33.1 Å². The third-order valence-electron chi connectivity index (χ3n) is 4.66. The molecule has 0 atom stereocenters. The zero-order valence-corrected chi connectivity index (χ0v) is 14.4. The first-order chi connectivity index (χ1) is 11.8. The molecule has 1 aliphatic rings. The highest BCUT2D eigenvalue weighted by Gasteiger charge is 2.22. The normalized spacial score (nSPS) is 14.2. The van der Waals surface area contributed by atoms with Crippen LogP contribution in [-0.4, -0.2) is 20.9 Å². The molecule has 4 aromatic rings. The largest absolute Gasteiger partial charge is 0.278 e. The minimum absolute atomic E-state index is 0.756. The van der Waals surface area contributed by atoms with Gasteiger partial charge in [0.05, 0.1) is 22.9 Å². The van der Waals surface area contributed by atoms with Crippen molar-refractivity contribution in [2.45, 2.75) is 12.2 Å². The molecular weight excluding hydrogens is 338 g/mol. The van der Waals surface area contributed by atoms with E-state index in [1.807, 2.05) is 36.2 Å². The van der Waals surface area contributed by atoms with Gasteiger partial charge in [-0.2, -0.15) is 16.9 Å². The molecule has 0 saturated carbocycles. The molecule has 0 aliphatic carbocycles. The average Bonchev–Trinajstić information content (AvgIpc) is 3.10. The van der Waals surface area contributed by atoms with Crippen molar-refractivity contribution < 1.29 is 0 Å². The van der Waals surface area contributed by atoms with Crippen LogP contribution in [0.3, 0.4) is 0 Å². The first kappa shape index (κ1) is 14.3. The van der Waals surface area contributed by atoms with Crippen LogP contribution >= 0.6 is 23.4 Å². The Kier molecular flexibility index (Phi) is 3.28. The molecule has 5 heteroatoms. The monoisotopic (exact) mass is 351 g/mol. The summed E-state index contributed by atoms with van der Waals surface area (Å²) < 4.78 is 0. The van der Waals surface area contributed by atoms with Crippen LogP contribution in [0.15, 0.2) is 42.6 Å². The van der Waals surface area contributed by atoms with Gasteiger partial charge in [-0.25, -0.2) is 4.98 Å². The molecule has 0 saturated heterocycles. The summed E-state index contributed by atoms with van der Waals surface area (Å²) in [7, 11) is 0. The number of rotatable bonds is 1. The van der Waals surface area contributed by atoms with Gasteiger partial charge >= 0.3 is 0 Å². The fraction of sp³-hybridized carbons (Fsp3) is 0.158. The van der Waals surface area contributed by atoms with E-state index in [0.717, 1.165) is 50.6 Å². The van der Waals surface area contributed by atoms with E-state index in [4.69, 9.17) is 16.6 Å². The molecule has 1 N–H and O–H groups in total. The van der Waals surface area contributed by atoms with Gasteiger partial charge in [0.25, 0.3) is 0 Å². The SMILES string of the molecule is Clc1ccccc1-c1nc2ccc3[nH]ncc3c2c2c1CSCC2. The number of aromatic nitrogens is 3. The van der Waals surface area contributed by atoms with Gasteiger partial charge < -0.3 is 0 Å². The van der Waals surface area contributed by atoms with Gasteiger partial charge in [0.2, 0.25) is 0 Å². The maximum atomic E-state index is 6.47. The number of nitrogens with zero attached hydrogens (tertiary/aromatic N) is 2.